The third-order valence-corrected chi connectivity index (χ3v) is 4.52. The molecule has 128 valence electrons. The Morgan fingerprint density at radius 2 is 2.08 bits per heavy atom. The van der Waals surface area contributed by atoms with E-state index in [1.54, 1.807) is 24.3 Å². The summed E-state index contributed by atoms with van der Waals surface area (Å²) in [6.45, 7) is 1.35. The van der Waals surface area contributed by atoms with Crippen molar-refractivity contribution in [3.63, 3.8) is 0 Å². The second kappa shape index (κ2) is 7.79. The number of benzene rings is 1. The van der Waals surface area contributed by atoms with Crippen LogP contribution < -0.4 is 10.2 Å². The van der Waals surface area contributed by atoms with Crippen molar-refractivity contribution >= 4 is 23.2 Å². The molecule has 0 unspecified atom stereocenters. The topological polar surface area (TPSA) is 81.5 Å². The molecule has 3 N–H and O–H groups in total. The predicted molar refractivity (Wildman–Crippen MR) is 94.4 cm³/mol. The number of halogens is 1. The van der Waals surface area contributed by atoms with Gasteiger partial charge in [0.05, 0.1) is 18.8 Å². The monoisotopic (exact) mass is 348 g/mol. The number of hydrogen-bond acceptors (Lipinski definition) is 6. The summed E-state index contributed by atoms with van der Waals surface area (Å²) in [5.41, 5.74) is 0.793. The van der Waals surface area contributed by atoms with Gasteiger partial charge in [0.15, 0.2) is 0 Å². The van der Waals surface area contributed by atoms with Crippen LogP contribution in [0.2, 0.25) is 5.02 Å². The van der Waals surface area contributed by atoms with Gasteiger partial charge in [-0.2, -0.15) is 0 Å². The molecule has 0 amide bonds. The van der Waals surface area contributed by atoms with Crippen molar-refractivity contribution < 1.29 is 10.2 Å². The van der Waals surface area contributed by atoms with E-state index in [1.807, 2.05) is 6.07 Å². The zero-order valence-electron chi connectivity index (χ0n) is 13.3. The Morgan fingerprint density at radius 3 is 2.83 bits per heavy atom. The third-order valence-electron chi connectivity index (χ3n) is 4.27. The van der Waals surface area contributed by atoms with Crippen LogP contribution in [0.1, 0.15) is 24.5 Å². The van der Waals surface area contributed by atoms with E-state index in [4.69, 9.17) is 11.6 Å². The maximum atomic E-state index is 10.2. The lowest BCUT2D eigenvalue weighted by Crippen LogP contribution is -2.32. The van der Waals surface area contributed by atoms with E-state index in [2.05, 4.69) is 20.2 Å². The Bertz CT molecular complexity index is 668. The van der Waals surface area contributed by atoms with Crippen molar-refractivity contribution in [1.82, 2.24) is 9.97 Å². The molecule has 0 saturated carbocycles. The second-order valence-corrected chi connectivity index (χ2v) is 6.32. The van der Waals surface area contributed by atoms with Gasteiger partial charge in [-0.3, -0.25) is 0 Å². The normalized spacial score (nSPS) is 18.6. The maximum Gasteiger partial charge on any atom is 0.134 e. The summed E-state index contributed by atoms with van der Waals surface area (Å²) in [6, 6.07) is 9.08. The average molecular weight is 349 g/mol. The molecule has 0 spiro atoms. The van der Waals surface area contributed by atoms with Gasteiger partial charge >= 0.3 is 0 Å². The molecule has 0 aliphatic carbocycles. The summed E-state index contributed by atoms with van der Waals surface area (Å²) in [7, 11) is 0. The predicted octanol–water partition coefficient (Wildman–Crippen LogP) is 2.24. The van der Waals surface area contributed by atoms with Crippen LogP contribution in [-0.2, 0) is 0 Å². The molecule has 1 aliphatic rings. The van der Waals surface area contributed by atoms with E-state index < -0.39 is 6.10 Å². The van der Waals surface area contributed by atoms with E-state index in [1.165, 1.54) is 6.33 Å². The van der Waals surface area contributed by atoms with Gasteiger partial charge in [0.25, 0.3) is 0 Å². The number of nitrogens with one attached hydrogen (secondary N) is 1. The van der Waals surface area contributed by atoms with Gasteiger partial charge in [-0.05, 0) is 30.5 Å². The smallest absolute Gasteiger partial charge is 0.134 e. The molecule has 7 heteroatoms. The number of aromatic nitrogens is 2. The first-order chi connectivity index (χ1) is 11.7. The second-order valence-electron chi connectivity index (χ2n) is 5.88. The molecule has 1 aromatic heterocycles. The number of anilines is 2. The minimum atomic E-state index is -0.655. The number of hydrogen-bond donors (Lipinski definition) is 3. The fraction of sp³-hybridized carbons (Fsp3) is 0.412. The van der Waals surface area contributed by atoms with Crippen molar-refractivity contribution in [2.24, 2.45) is 0 Å². The molecule has 0 bridgehead atoms. The summed E-state index contributed by atoms with van der Waals surface area (Å²) >= 11 is 5.86. The van der Waals surface area contributed by atoms with Crippen LogP contribution in [0.15, 0.2) is 36.7 Å². The minimum Gasteiger partial charge on any atom is -0.394 e. The molecule has 3 rings (SSSR count). The van der Waals surface area contributed by atoms with Crippen LogP contribution in [0.5, 0.6) is 0 Å². The molecule has 2 atom stereocenters. The molecule has 24 heavy (non-hydrogen) atoms. The van der Waals surface area contributed by atoms with Crippen LogP contribution >= 0.6 is 11.6 Å². The van der Waals surface area contributed by atoms with Gasteiger partial charge in [-0.25, -0.2) is 9.97 Å². The fourth-order valence-corrected chi connectivity index (χ4v) is 3.06. The van der Waals surface area contributed by atoms with Crippen LogP contribution in [0, 0.1) is 0 Å². The van der Waals surface area contributed by atoms with Crippen LogP contribution in [0.4, 0.5) is 11.6 Å². The van der Waals surface area contributed by atoms with E-state index >= 15 is 0 Å². The lowest BCUT2D eigenvalue weighted by atomic mass is 10.1. The molecule has 0 radical (unpaired) electrons. The Morgan fingerprint density at radius 1 is 1.29 bits per heavy atom. The van der Waals surface area contributed by atoms with E-state index in [9.17, 15) is 10.2 Å². The van der Waals surface area contributed by atoms with Gasteiger partial charge in [-0.1, -0.05) is 23.7 Å². The highest BCUT2D eigenvalue weighted by atomic mass is 35.5. The summed E-state index contributed by atoms with van der Waals surface area (Å²) < 4.78 is 0. The third kappa shape index (κ3) is 3.95. The molecular weight excluding hydrogens is 328 g/mol. The molecule has 2 heterocycles. The molecule has 6 nitrogen and oxygen atoms in total. The van der Waals surface area contributed by atoms with Crippen molar-refractivity contribution in [3.05, 3.63) is 47.2 Å². The van der Waals surface area contributed by atoms with Gasteiger partial charge in [0.2, 0.25) is 0 Å². The number of nitrogens with zero attached hydrogens (tertiary/aromatic N) is 3. The van der Waals surface area contributed by atoms with E-state index in [0.717, 1.165) is 30.8 Å². The summed E-state index contributed by atoms with van der Waals surface area (Å²) in [5, 5.41) is 23.5. The Labute approximate surface area is 146 Å². The molecule has 2 aromatic rings. The van der Waals surface area contributed by atoms with E-state index in [0.29, 0.717) is 17.4 Å². The number of aliphatic hydroxyl groups is 2. The summed E-state index contributed by atoms with van der Waals surface area (Å²) in [6.07, 6.45) is 2.86. The van der Waals surface area contributed by atoms with Gasteiger partial charge in [-0.15, -0.1) is 0 Å². The summed E-state index contributed by atoms with van der Waals surface area (Å²) in [4.78, 5) is 10.6. The molecule has 1 aromatic carbocycles. The Balaban J connectivity index is 1.63. The molecule has 1 fully saturated rings. The van der Waals surface area contributed by atoms with Crippen molar-refractivity contribution in [3.8, 4) is 0 Å². The number of aliphatic hydroxyl groups excluding tert-OH is 2. The Kier molecular flexibility index (Phi) is 5.50. The first-order valence-corrected chi connectivity index (χ1v) is 8.42. The van der Waals surface area contributed by atoms with Crippen molar-refractivity contribution in [2.45, 2.75) is 25.0 Å². The number of rotatable bonds is 6. The lowest BCUT2D eigenvalue weighted by Gasteiger charge is -2.24. The quantitative estimate of drug-likeness (QED) is 0.742. The highest BCUT2D eigenvalue weighted by Crippen LogP contribution is 2.25. The first kappa shape index (κ1) is 17.0. The Hall–Kier alpha value is -1.89. The van der Waals surface area contributed by atoms with Gasteiger partial charge in [0.1, 0.15) is 18.0 Å². The molecule has 1 aliphatic heterocycles. The van der Waals surface area contributed by atoms with Gasteiger partial charge in [0, 0.05) is 24.2 Å². The zero-order valence-corrected chi connectivity index (χ0v) is 14.0. The fourth-order valence-electron chi connectivity index (χ4n) is 2.93. The maximum absolute atomic E-state index is 10.2. The molecular formula is C17H21ClN4O2. The van der Waals surface area contributed by atoms with Crippen molar-refractivity contribution in [1.29, 1.82) is 0 Å². The molecule has 1 saturated heterocycles. The largest absolute Gasteiger partial charge is 0.394 e. The van der Waals surface area contributed by atoms with Crippen LogP contribution in [0.3, 0.4) is 0 Å². The van der Waals surface area contributed by atoms with E-state index in [-0.39, 0.29) is 12.6 Å². The minimum absolute atomic E-state index is 0.118. The van der Waals surface area contributed by atoms with Crippen molar-refractivity contribution in [2.75, 3.05) is 29.9 Å². The van der Waals surface area contributed by atoms with Crippen LogP contribution in [-0.4, -0.2) is 45.9 Å². The SMILES string of the molecule is OC[C@@H]1CCCN1c1cc(NC[C@H](O)c2ccc(Cl)cc2)ncn1. The van der Waals surface area contributed by atoms with Gasteiger partial charge < -0.3 is 20.4 Å². The highest BCUT2D eigenvalue weighted by Gasteiger charge is 2.25. The first-order valence-electron chi connectivity index (χ1n) is 8.04. The average Bonchev–Trinajstić information content (AvgIpc) is 3.09. The van der Waals surface area contributed by atoms with Crippen LogP contribution in [0.25, 0.3) is 0 Å². The lowest BCUT2D eigenvalue weighted by molar-refractivity contribution is 0.191. The summed E-state index contributed by atoms with van der Waals surface area (Å²) in [5.74, 6) is 1.45. The standard InChI is InChI=1S/C17H21ClN4O2/c18-13-5-3-12(4-6-13)15(24)9-19-16-8-17(21-11-20-16)22-7-1-2-14(22)10-23/h3-6,8,11,14-15,23-24H,1-2,7,9-10H2,(H,19,20,21)/t14-,15-/m0/s1. The highest BCUT2D eigenvalue weighted by molar-refractivity contribution is 6.30. The zero-order chi connectivity index (χ0) is 16.9.